The molecule has 5 heteroatoms. The van der Waals surface area contributed by atoms with Crippen LogP contribution in [0.25, 0.3) is 0 Å². The van der Waals surface area contributed by atoms with Crippen LogP contribution in [0.15, 0.2) is 48.5 Å². The number of anilines is 1. The van der Waals surface area contributed by atoms with Gasteiger partial charge in [-0.05, 0) is 50.2 Å². The van der Waals surface area contributed by atoms with Crippen molar-refractivity contribution in [3.05, 3.63) is 64.7 Å². The minimum Gasteiger partial charge on any atom is -0.449 e. The maximum atomic E-state index is 12.0. The molecule has 22 heavy (non-hydrogen) atoms. The largest absolute Gasteiger partial charge is 0.449 e. The minimum atomic E-state index is -0.899. The molecule has 0 aliphatic carbocycles. The van der Waals surface area contributed by atoms with Crippen molar-refractivity contribution in [1.29, 1.82) is 0 Å². The maximum Gasteiger partial charge on any atom is 0.338 e. The van der Waals surface area contributed by atoms with Gasteiger partial charge in [0.1, 0.15) is 0 Å². The highest BCUT2D eigenvalue weighted by atomic mass is 35.5. The number of aryl methyl sites for hydroxylation is 1. The number of esters is 1. The monoisotopic (exact) mass is 317 g/mol. The van der Waals surface area contributed by atoms with Crippen LogP contribution in [0.3, 0.4) is 0 Å². The van der Waals surface area contributed by atoms with Gasteiger partial charge in [-0.1, -0.05) is 29.3 Å². The summed E-state index contributed by atoms with van der Waals surface area (Å²) in [5, 5.41) is 3.24. The Morgan fingerprint density at radius 1 is 1.05 bits per heavy atom. The molecule has 0 aliphatic heterocycles. The molecule has 0 unspecified atom stereocenters. The molecule has 0 saturated carbocycles. The lowest BCUT2D eigenvalue weighted by Crippen LogP contribution is -2.29. The summed E-state index contributed by atoms with van der Waals surface area (Å²) in [6, 6.07) is 13.6. The molecule has 0 saturated heterocycles. The van der Waals surface area contributed by atoms with Crippen LogP contribution in [0.5, 0.6) is 0 Å². The van der Waals surface area contributed by atoms with Gasteiger partial charge in [0.2, 0.25) is 0 Å². The Morgan fingerprint density at radius 3 is 2.23 bits per heavy atom. The summed E-state index contributed by atoms with van der Waals surface area (Å²) < 4.78 is 5.16. The first kappa shape index (κ1) is 16.0. The summed E-state index contributed by atoms with van der Waals surface area (Å²) in [7, 11) is 0. The number of halogens is 1. The lowest BCUT2D eigenvalue weighted by molar-refractivity contribution is -0.123. The number of nitrogens with one attached hydrogen (secondary N) is 1. The molecule has 2 aromatic carbocycles. The van der Waals surface area contributed by atoms with Crippen LogP contribution < -0.4 is 5.32 Å². The van der Waals surface area contributed by atoms with Crippen molar-refractivity contribution >= 4 is 29.2 Å². The van der Waals surface area contributed by atoms with Gasteiger partial charge in [-0.25, -0.2) is 4.79 Å². The number of amides is 1. The first-order valence-corrected chi connectivity index (χ1v) is 7.17. The number of ether oxygens (including phenoxy) is 1. The molecule has 1 amide bonds. The van der Waals surface area contributed by atoms with Crippen LogP contribution in [0.4, 0.5) is 5.69 Å². The van der Waals surface area contributed by atoms with Crippen LogP contribution in [0.1, 0.15) is 22.8 Å². The van der Waals surface area contributed by atoms with E-state index in [1.54, 1.807) is 36.4 Å². The van der Waals surface area contributed by atoms with E-state index in [2.05, 4.69) is 5.32 Å². The molecule has 1 N–H and O–H groups in total. The Morgan fingerprint density at radius 2 is 1.64 bits per heavy atom. The van der Waals surface area contributed by atoms with E-state index in [9.17, 15) is 9.59 Å². The molecule has 0 heterocycles. The molecule has 114 valence electrons. The molecule has 0 fully saturated rings. The third kappa shape index (κ3) is 4.33. The molecule has 4 nitrogen and oxygen atoms in total. The molecule has 0 aliphatic rings. The highest BCUT2D eigenvalue weighted by Gasteiger charge is 2.18. The van der Waals surface area contributed by atoms with Crippen LogP contribution in [-0.2, 0) is 9.53 Å². The van der Waals surface area contributed by atoms with Crippen molar-refractivity contribution in [2.45, 2.75) is 20.0 Å². The Labute approximate surface area is 134 Å². The average molecular weight is 318 g/mol. The van der Waals surface area contributed by atoms with Crippen molar-refractivity contribution < 1.29 is 14.3 Å². The third-order valence-electron chi connectivity index (χ3n) is 3.05. The number of hydrogen-bond acceptors (Lipinski definition) is 3. The first-order valence-electron chi connectivity index (χ1n) is 6.80. The number of carbonyl (C=O) groups excluding carboxylic acids is 2. The fourth-order valence-corrected chi connectivity index (χ4v) is 1.87. The van der Waals surface area contributed by atoms with E-state index in [4.69, 9.17) is 16.3 Å². The highest BCUT2D eigenvalue weighted by molar-refractivity contribution is 6.30. The SMILES string of the molecule is Cc1ccc(C(=O)O[C@@H](C)C(=O)Nc2ccc(Cl)cc2)cc1. The number of rotatable bonds is 4. The molecule has 0 spiro atoms. The summed E-state index contributed by atoms with van der Waals surface area (Å²) in [5.74, 6) is -0.929. The normalized spacial score (nSPS) is 11.6. The van der Waals surface area contributed by atoms with E-state index in [1.165, 1.54) is 6.92 Å². The highest BCUT2D eigenvalue weighted by Crippen LogP contribution is 2.14. The van der Waals surface area contributed by atoms with Gasteiger partial charge in [0, 0.05) is 10.7 Å². The maximum absolute atomic E-state index is 12.0. The van der Waals surface area contributed by atoms with Crippen molar-refractivity contribution in [3.63, 3.8) is 0 Å². The molecule has 2 rings (SSSR count). The van der Waals surface area contributed by atoms with E-state index in [-0.39, 0.29) is 0 Å². The van der Waals surface area contributed by atoms with Gasteiger partial charge in [-0.2, -0.15) is 0 Å². The molecule has 0 aromatic heterocycles. The summed E-state index contributed by atoms with van der Waals surface area (Å²) in [6.45, 7) is 3.45. The second kappa shape index (κ2) is 7.09. The van der Waals surface area contributed by atoms with Crippen molar-refractivity contribution in [2.75, 3.05) is 5.32 Å². The van der Waals surface area contributed by atoms with Crippen LogP contribution in [0.2, 0.25) is 5.02 Å². The van der Waals surface area contributed by atoms with Gasteiger partial charge in [-0.3, -0.25) is 4.79 Å². The molecule has 0 bridgehead atoms. The lowest BCUT2D eigenvalue weighted by Gasteiger charge is -2.13. The van der Waals surface area contributed by atoms with Gasteiger partial charge in [0.15, 0.2) is 6.10 Å². The molecule has 0 radical (unpaired) electrons. The van der Waals surface area contributed by atoms with E-state index in [0.29, 0.717) is 16.3 Å². The standard InChI is InChI=1S/C17H16ClNO3/c1-11-3-5-13(6-4-11)17(21)22-12(2)16(20)19-15-9-7-14(18)8-10-15/h3-10,12H,1-2H3,(H,19,20)/t12-/m0/s1. The first-order chi connectivity index (χ1) is 10.5. The third-order valence-corrected chi connectivity index (χ3v) is 3.30. The van der Waals surface area contributed by atoms with Gasteiger partial charge < -0.3 is 10.1 Å². The van der Waals surface area contributed by atoms with Crippen LogP contribution in [-0.4, -0.2) is 18.0 Å². The van der Waals surface area contributed by atoms with Gasteiger partial charge in [0.05, 0.1) is 5.56 Å². The van der Waals surface area contributed by atoms with E-state index < -0.39 is 18.0 Å². The Hall–Kier alpha value is -2.33. The van der Waals surface area contributed by atoms with E-state index >= 15 is 0 Å². The fraction of sp³-hybridized carbons (Fsp3) is 0.176. The van der Waals surface area contributed by atoms with Gasteiger partial charge in [-0.15, -0.1) is 0 Å². The number of hydrogen-bond donors (Lipinski definition) is 1. The van der Waals surface area contributed by atoms with E-state index in [1.807, 2.05) is 19.1 Å². The zero-order valence-electron chi connectivity index (χ0n) is 12.3. The molecule has 2 aromatic rings. The van der Waals surface area contributed by atoms with Crippen LogP contribution >= 0.6 is 11.6 Å². The van der Waals surface area contributed by atoms with Crippen LogP contribution in [0, 0.1) is 6.92 Å². The van der Waals surface area contributed by atoms with E-state index in [0.717, 1.165) is 5.56 Å². The summed E-state index contributed by atoms with van der Waals surface area (Å²) in [4.78, 5) is 23.9. The van der Waals surface area contributed by atoms with Crippen molar-refractivity contribution in [2.24, 2.45) is 0 Å². The smallest absolute Gasteiger partial charge is 0.338 e. The van der Waals surface area contributed by atoms with Gasteiger partial charge in [0.25, 0.3) is 5.91 Å². The Kier molecular flexibility index (Phi) is 5.17. The quantitative estimate of drug-likeness (QED) is 0.872. The van der Waals surface area contributed by atoms with Crippen molar-refractivity contribution in [1.82, 2.24) is 0 Å². The number of carbonyl (C=O) groups is 2. The topological polar surface area (TPSA) is 55.4 Å². The second-order valence-corrected chi connectivity index (χ2v) is 5.35. The predicted molar refractivity (Wildman–Crippen MR) is 86.1 cm³/mol. The average Bonchev–Trinajstić information content (AvgIpc) is 2.50. The van der Waals surface area contributed by atoms with Crippen molar-refractivity contribution in [3.8, 4) is 0 Å². The zero-order chi connectivity index (χ0) is 16.1. The molecular weight excluding hydrogens is 302 g/mol. The minimum absolute atomic E-state index is 0.400. The molecule has 1 atom stereocenters. The Bertz CT molecular complexity index is 665. The van der Waals surface area contributed by atoms with Gasteiger partial charge >= 0.3 is 5.97 Å². The predicted octanol–water partition coefficient (Wildman–Crippen LogP) is 3.83. The molecular formula is C17H16ClNO3. The zero-order valence-corrected chi connectivity index (χ0v) is 13.1. The summed E-state index contributed by atoms with van der Waals surface area (Å²) >= 11 is 5.78. The number of benzene rings is 2. The Balaban J connectivity index is 1.94. The second-order valence-electron chi connectivity index (χ2n) is 4.91. The lowest BCUT2D eigenvalue weighted by atomic mass is 10.1. The summed E-state index contributed by atoms with van der Waals surface area (Å²) in [6.07, 6.45) is -0.899. The summed E-state index contributed by atoms with van der Waals surface area (Å²) in [5.41, 5.74) is 2.05. The fourth-order valence-electron chi connectivity index (χ4n) is 1.75.